The second-order valence-electron chi connectivity index (χ2n) is 8.29. The summed E-state index contributed by atoms with van der Waals surface area (Å²) in [5.74, 6) is 2.53. The third-order valence-electron chi connectivity index (χ3n) is 6.44. The average molecular weight is 451 g/mol. The van der Waals surface area contributed by atoms with E-state index in [-0.39, 0.29) is 17.6 Å². The molecule has 1 aliphatic heterocycles. The molecule has 1 aromatic carbocycles. The zero-order valence-corrected chi connectivity index (χ0v) is 18.5. The van der Waals surface area contributed by atoms with Gasteiger partial charge in [-0.2, -0.15) is 0 Å². The molecule has 3 unspecified atom stereocenters. The van der Waals surface area contributed by atoms with E-state index in [1.807, 2.05) is 0 Å². The Labute approximate surface area is 184 Å². The summed E-state index contributed by atoms with van der Waals surface area (Å²) in [7, 11) is 0. The summed E-state index contributed by atoms with van der Waals surface area (Å²) in [6.07, 6.45) is 4.31. The van der Waals surface area contributed by atoms with Gasteiger partial charge in [-0.1, -0.05) is 12.5 Å². The molecule has 3 fully saturated rings. The van der Waals surface area contributed by atoms with Crippen LogP contribution in [0.3, 0.4) is 0 Å². The quantitative estimate of drug-likeness (QED) is 0.401. The number of hydrogen-bond donors (Lipinski definition) is 1. The normalized spacial score (nSPS) is 28.0. The average Bonchev–Trinajstić information content (AvgIpc) is 3.17. The fraction of sp³-hybridized carbons (Fsp3) is 0.619. The van der Waals surface area contributed by atoms with Crippen molar-refractivity contribution in [2.75, 3.05) is 16.8 Å². The van der Waals surface area contributed by atoms with Gasteiger partial charge in [0.1, 0.15) is 0 Å². The second kappa shape index (κ2) is 8.78. The number of ether oxygens (including phenoxy) is 1. The van der Waals surface area contributed by atoms with Gasteiger partial charge in [-0.15, -0.1) is 23.5 Å². The first kappa shape index (κ1) is 21.5. The van der Waals surface area contributed by atoms with Gasteiger partial charge in [0.15, 0.2) is 6.10 Å². The van der Waals surface area contributed by atoms with Crippen LogP contribution in [0.25, 0.3) is 0 Å². The third-order valence-corrected chi connectivity index (χ3v) is 10.5. The van der Waals surface area contributed by atoms with Crippen LogP contribution in [0.5, 0.6) is 0 Å². The van der Waals surface area contributed by atoms with Gasteiger partial charge in [-0.3, -0.25) is 19.7 Å². The van der Waals surface area contributed by atoms with E-state index in [1.54, 1.807) is 13.0 Å². The van der Waals surface area contributed by atoms with Crippen LogP contribution in [0, 0.1) is 27.9 Å². The number of anilines is 1. The highest BCUT2D eigenvalue weighted by atomic mass is 32.2. The molecule has 1 amide bonds. The van der Waals surface area contributed by atoms with E-state index in [0.29, 0.717) is 21.6 Å². The Morgan fingerprint density at radius 3 is 2.53 bits per heavy atom. The maximum absolute atomic E-state index is 12.8. The minimum atomic E-state index is -0.956. The lowest BCUT2D eigenvalue weighted by Gasteiger charge is -2.51. The summed E-state index contributed by atoms with van der Waals surface area (Å²) in [5.41, 5.74) is 0.198. The van der Waals surface area contributed by atoms with Gasteiger partial charge in [0.05, 0.1) is 14.9 Å². The lowest BCUT2D eigenvalue weighted by Crippen LogP contribution is -2.48. The summed E-state index contributed by atoms with van der Waals surface area (Å²) >= 11 is 4.19. The summed E-state index contributed by atoms with van der Waals surface area (Å²) in [4.78, 5) is 35.7. The number of carbonyl (C=O) groups excluding carboxylic acids is 2. The molecule has 2 aliphatic carbocycles. The Bertz CT molecular complexity index is 826. The van der Waals surface area contributed by atoms with Crippen LogP contribution < -0.4 is 5.32 Å². The summed E-state index contributed by atoms with van der Waals surface area (Å²) in [5, 5.41) is 13.5. The number of esters is 1. The van der Waals surface area contributed by atoms with Crippen molar-refractivity contribution in [2.24, 2.45) is 17.8 Å². The van der Waals surface area contributed by atoms with Crippen molar-refractivity contribution in [1.29, 1.82) is 0 Å². The number of non-ortho nitro benzene ring substituents is 1. The number of rotatable bonds is 5. The molecule has 1 heterocycles. The fourth-order valence-electron chi connectivity index (χ4n) is 5.07. The van der Waals surface area contributed by atoms with E-state index in [4.69, 9.17) is 4.74 Å². The zero-order valence-electron chi connectivity index (χ0n) is 16.9. The van der Waals surface area contributed by atoms with Gasteiger partial charge in [0.25, 0.3) is 11.6 Å². The predicted molar refractivity (Wildman–Crippen MR) is 118 cm³/mol. The number of thioether (sulfide) groups is 2. The number of nitrogens with zero attached hydrogens (tertiary/aromatic N) is 1. The second-order valence-corrected chi connectivity index (χ2v) is 11.3. The van der Waals surface area contributed by atoms with Crippen molar-refractivity contribution >= 4 is 46.8 Å². The molecular formula is C21H26N2O5S2. The number of benzene rings is 1. The Morgan fingerprint density at radius 2 is 1.90 bits per heavy atom. The van der Waals surface area contributed by atoms with Crippen molar-refractivity contribution in [1.82, 2.24) is 0 Å². The summed E-state index contributed by atoms with van der Waals surface area (Å²) in [6.45, 7) is 1.54. The van der Waals surface area contributed by atoms with E-state index < -0.39 is 16.9 Å². The van der Waals surface area contributed by atoms with Crippen molar-refractivity contribution in [2.45, 2.75) is 49.2 Å². The molecule has 2 bridgehead atoms. The highest BCUT2D eigenvalue weighted by molar-refractivity contribution is 8.21. The first-order chi connectivity index (χ1) is 14.4. The van der Waals surface area contributed by atoms with Crippen LogP contribution in [-0.2, 0) is 14.3 Å². The first-order valence-corrected chi connectivity index (χ1v) is 12.4. The highest BCUT2D eigenvalue weighted by Crippen LogP contribution is 2.64. The standard InChI is InChI=1S/C21H26N2O5S2/c1-13(19(24)22-17-6-3-7-18(12-17)23(26)27)28-20(25)14-10-15-4-2-5-16(11-14)21(15)29-8-9-30-21/h3,6-7,12-16H,2,4-5,8-11H2,1H3,(H,22,24). The van der Waals surface area contributed by atoms with Crippen LogP contribution in [0.2, 0.25) is 0 Å². The molecule has 1 saturated heterocycles. The third kappa shape index (κ3) is 4.19. The number of nitro benzene ring substituents is 1. The van der Waals surface area contributed by atoms with E-state index >= 15 is 0 Å². The molecule has 0 radical (unpaired) electrons. The largest absolute Gasteiger partial charge is 0.452 e. The Kier molecular flexibility index (Phi) is 6.29. The molecule has 7 nitrogen and oxygen atoms in total. The monoisotopic (exact) mass is 450 g/mol. The van der Waals surface area contributed by atoms with Crippen LogP contribution in [0.15, 0.2) is 24.3 Å². The van der Waals surface area contributed by atoms with E-state index in [2.05, 4.69) is 28.8 Å². The number of carbonyl (C=O) groups is 2. The lowest BCUT2D eigenvalue weighted by molar-refractivity contribution is -0.384. The van der Waals surface area contributed by atoms with Gasteiger partial charge in [-0.25, -0.2) is 0 Å². The topological polar surface area (TPSA) is 98.5 Å². The van der Waals surface area contributed by atoms with E-state index in [1.165, 1.54) is 49.0 Å². The van der Waals surface area contributed by atoms with Crippen LogP contribution in [0.4, 0.5) is 11.4 Å². The van der Waals surface area contributed by atoms with Gasteiger partial charge < -0.3 is 10.1 Å². The minimum Gasteiger partial charge on any atom is -0.452 e. The Morgan fingerprint density at radius 1 is 1.23 bits per heavy atom. The molecule has 9 heteroatoms. The minimum absolute atomic E-state index is 0.109. The number of nitrogens with one attached hydrogen (secondary N) is 1. The molecule has 0 aromatic heterocycles. The molecule has 4 rings (SSSR count). The number of hydrogen-bond acceptors (Lipinski definition) is 7. The molecule has 1 aromatic rings. The molecule has 3 atom stereocenters. The maximum atomic E-state index is 12.8. The Hall–Kier alpha value is -1.74. The summed E-state index contributed by atoms with van der Waals surface area (Å²) < 4.78 is 5.81. The van der Waals surface area contributed by atoms with Crippen LogP contribution in [0.1, 0.15) is 39.0 Å². The molecular weight excluding hydrogens is 424 g/mol. The number of amides is 1. The van der Waals surface area contributed by atoms with E-state index in [0.717, 1.165) is 12.8 Å². The fourth-order valence-corrected chi connectivity index (χ4v) is 9.00. The number of nitro groups is 1. The Balaban J connectivity index is 1.35. The molecule has 162 valence electrons. The predicted octanol–water partition coefficient (Wildman–Crippen LogP) is 4.47. The van der Waals surface area contributed by atoms with Gasteiger partial charge >= 0.3 is 5.97 Å². The first-order valence-electron chi connectivity index (χ1n) is 10.4. The SMILES string of the molecule is CC(OC(=O)C1CC2CCCC(C1)C21SCCS1)C(=O)Nc1cccc([N+](=O)[O-])c1. The molecule has 1 N–H and O–H groups in total. The van der Waals surface area contributed by atoms with Crippen molar-refractivity contribution < 1.29 is 19.2 Å². The molecule has 3 aliphatic rings. The molecule has 1 spiro atoms. The zero-order chi connectivity index (χ0) is 21.3. The molecule has 30 heavy (non-hydrogen) atoms. The lowest BCUT2D eigenvalue weighted by atomic mass is 9.67. The highest BCUT2D eigenvalue weighted by Gasteiger charge is 2.55. The van der Waals surface area contributed by atoms with E-state index in [9.17, 15) is 19.7 Å². The van der Waals surface area contributed by atoms with Gasteiger partial charge in [0.2, 0.25) is 0 Å². The smallest absolute Gasteiger partial charge is 0.309 e. The van der Waals surface area contributed by atoms with Crippen LogP contribution >= 0.6 is 23.5 Å². The molecule has 2 saturated carbocycles. The van der Waals surface area contributed by atoms with Crippen LogP contribution in [-0.4, -0.2) is 38.5 Å². The van der Waals surface area contributed by atoms with Gasteiger partial charge in [-0.05, 0) is 50.5 Å². The summed E-state index contributed by atoms with van der Waals surface area (Å²) in [6, 6.07) is 5.70. The maximum Gasteiger partial charge on any atom is 0.309 e. The van der Waals surface area contributed by atoms with Gasteiger partial charge in [0, 0.05) is 29.3 Å². The van der Waals surface area contributed by atoms with Crippen molar-refractivity contribution in [3.05, 3.63) is 34.4 Å². The van der Waals surface area contributed by atoms with Crippen molar-refractivity contribution in [3.63, 3.8) is 0 Å². The van der Waals surface area contributed by atoms with Crippen molar-refractivity contribution in [3.8, 4) is 0 Å².